The zero-order valence-corrected chi connectivity index (χ0v) is 10.9. The summed E-state index contributed by atoms with van der Waals surface area (Å²) in [6, 6.07) is 5.05. The molecular formula is C13H11F2N3S. The molecule has 19 heavy (non-hydrogen) atoms. The lowest BCUT2D eigenvalue weighted by atomic mass is 10.1. The zero-order chi connectivity index (χ0) is 14.0. The van der Waals surface area contributed by atoms with Crippen LogP contribution < -0.4 is 5.73 Å². The van der Waals surface area contributed by atoms with Crippen molar-refractivity contribution in [2.45, 2.75) is 16.8 Å². The lowest BCUT2D eigenvalue weighted by Crippen LogP contribution is -2.14. The molecular weight excluding hydrogens is 268 g/mol. The van der Waals surface area contributed by atoms with E-state index >= 15 is 0 Å². The molecule has 0 fully saturated rings. The van der Waals surface area contributed by atoms with Crippen molar-refractivity contribution in [1.82, 2.24) is 4.98 Å². The van der Waals surface area contributed by atoms with Crippen LogP contribution >= 0.6 is 11.8 Å². The minimum Gasteiger partial charge on any atom is -0.384 e. The first kappa shape index (κ1) is 13.5. The van der Waals surface area contributed by atoms with E-state index in [4.69, 9.17) is 11.1 Å². The van der Waals surface area contributed by atoms with E-state index in [1.165, 1.54) is 12.1 Å². The second-order valence-corrected chi connectivity index (χ2v) is 4.93. The quantitative estimate of drug-likeness (QED) is 0.670. The van der Waals surface area contributed by atoms with Crippen LogP contribution in [0.25, 0.3) is 0 Å². The third kappa shape index (κ3) is 2.90. The molecule has 1 heterocycles. The van der Waals surface area contributed by atoms with Gasteiger partial charge < -0.3 is 5.73 Å². The number of nitrogens with one attached hydrogen (secondary N) is 1. The predicted molar refractivity (Wildman–Crippen MR) is 70.5 cm³/mol. The van der Waals surface area contributed by atoms with Gasteiger partial charge in [-0.1, -0.05) is 11.8 Å². The van der Waals surface area contributed by atoms with Crippen LogP contribution in [0.2, 0.25) is 0 Å². The molecule has 0 unspecified atom stereocenters. The third-order valence-electron chi connectivity index (χ3n) is 2.49. The Morgan fingerprint density at radius 3 is 2.68 bits per heavy atom. The minimum absolute atomic E-state index is 0.129. The maximum atomic E-state index is 13.6. The van der Waals surface area contributed by atoms with Gasteiger partial charge in [0.2, 0.25) is 0 Å². The van der Waals surface area contributed by atoms with E-state index in [9.17, 15) is 8.78 Å². The van der Waals surface area contributed by atoms with Gasteiger partial charge in [-0.25, -0.2) is 13.8 Å². The average molecular weight is 279 g/mol. The Morgan fingerprint density at radius 2 is 2.05 bits per heavy atom. The van der Waals surface area contributed by atoms with Crippen molar-refractivity contribution in [2.24, 2.45) is 5.73 Å². The van der Waals surface area contributed by atoms with E-state index < -0.39 is 11.6 Å². The fourth-order valence-corrected chi connectivity index (χ4v) is 2.59. The summed E-state index contributed by atoms with van der Waals surface area (Å²) < 4.78 is 26.4. The molecule has 0 saturated heterocycles. The van der Waals surface area contributed by atoms with Crippen LogP contribution in [0, 0.1) is 24.0 Å². The van der Waals surface area contributed by atoms with Gasteiger partial charge in [0.1, 0.15) is 22.5 Å². The summed E-state index contributed by atoms with van der Waals surface area (Å²) in [5.41, 5.74) is 6.76. The van der Waals surface area contributed by atoms with E-state index in [1.54, 1.807) is 19.2 Å². The van der Waals surface area contributed by atoms with Gasteiger partial charge in [0.25, 0.3) is 0 Å². The fraction of sp³-hybridized carbons (Fsp3) is 0.0769. The lowest BCUT2D eigenvalue weighted by Gasteiger charge is -2.10. The van der Waals surface area contributed by atoms with Gasteiger partial charge in [-0.15, -0.1) is 0 Å². The third-order valence-corrected chi connectivity index (χ3v) is 3.55. The SMILES string of the molecule is Cc1ccnc(Sc2ccc(F)cc2F)c1C(=N)N. The summed E-state index contributed by atoms with van der Waals surface area (Å²) in [5.74, 6) is -1.43. The fourth-order valence-electron chi connectivity index (χ4n) is 1.60. The maximum absolute atomic E-state index is 13.6. The molecule has 98 valence electrons. The number of halogens is 2. The van der Waals surface area contributed by atoms with Crippen molar-refractivity contribution in [3.8, 4) is 0 Å². The van der Waals surface area contributed by atoms with Crippen molar-refractivity contribution in [1.29, 1.82) is 5.41 Å². The Labute approximate surface area is 113 Å². The lowest BCUT2D eigenvalue weighted by molar-refractivity contribution is 0.565. The summed E-state index contributed by atoms with van der Waals surface area (Å²) in [7, 11) is 0. The van der Waals surface area contributed by atoms with Gasteiger partial charge in [0, 0.05) is 17.2 Å². The molecule has 0 bridgehead atoms. The molecule has 0 aliphatic rings. The van der Waals surface area contributed by atoms with Gasteiger partial charge >= 0.3 is 0 Å². The predicted octanol–water partition coefficient (Wildman–Crippen LogP) is 3.10. The summed E-state index contributed by atoms with van der Waals surface area (Å²) in [6.45, 7) is 1.80. The van der Waals surface area contributed by atoms with Gasteiger partial charge in [0.05, 0.1) is 5.56 Å². The monoisotopic (exact) mass is 279 g/mol. The van der Waals surface area contributed by atoms with Crippen LogP contribution in [-0.2, 0) is 0 Å². The number of amidine groups is 1. The molecule has 0 spiro atoms. The van der Waals surface area contributed by atoms with Crippen LogP contribution in [0.5, 0.6) is 0 Å². The minimum atomic E-state index is -0.664. The number of hydrogen-bond donors (Lipinski definition) is 2. The Balaban J connectivity index is 2.44. The standard InChI is InChI=1S/C13H11F2N3S/c1-7-4-5-18-13(11(7)12(16)17)19-10-3-2-8(14)6-9(10)15/h2-6H,1H3,(H3,16,17). The normalized spacial score (nSPS) is 10.5. The Hall–Kier alpha value is -1.95. The molecule has 2 rings (SSSR count). The molecule has 0 atom stereocenters. The topological polar surface area (TPSA) is 62.8 Å². The smallest absolute Gasteiger partial charge is 0.140 e. The van der Waals surface area contributed by atoms with Crippen molar-refractivity contribution >= 4 is 17.6 Å². The second kappa shape index (κ2) is 5.36. The van der Waals surface area contributed by atoms with Crippen LogP contribution in [0.3, 0.4) is 0 Å². The van der Waals surface area contributed by atoms with Crippen molar-refractivity contribution in [3.63, 3.8) is 0 Å². The Bertz CT molecular complexity index is 644. The van der Waals surface area contributed by atoms with Crippen molar-refractivity contribution in [3.05, 3.63) is 53.2 Å². The van der Waals surface area contributed by atoms with Crippen LogP contribution in [-0.4, -0.2) is 10.8 Å². The van der Waals surface area contributed by atoms with Crippen molar-refractivity contribution < 1.29 is 8.78 Å². The highest BCUT2D eigenvalue weighted by atomic mass is 32.2. The highest BCUT2D eigenvalue weighted by Gasteiger charge is 2.13. The summed E-state index contributed by atoms with van der Waals surface area (Å²) in [4.78, 5) is 4.34. The first-order valence-corrected chi connectivity index (χ1v) is 6.23. The number of pyridine rings is 1. The molecule has 3 N–H and O–H groups in total. The molecule has 3 nitrogen and oxygen atoms in total. The Kier molecular flexibility index (Phi) is 3.80. The molecule has 1 aromatic heterocycles. The number of benzene rings is 1. The summed E-state index contributed by atoms with van der Waals surface area (Å²) in [5, 5.41) is 7.97. The summed E-state index contributed by atoms with van der Waals surface area (Å²) >= 11 is 1.02. The van der Waals surface area contributed by atoms with Gasteiger partial charge in [-0.2, -0.15) is 0 Å². The first-order valence-electron chi connectivity index (χ1n) is 5.42. The van der Waals surface area contributed by atoms with E-state index in [-0.39, 0.29) is 10.7 Å². The molecule has 2 aromatic rings. The largest absolute Gasteiger partial charge is 0.384 e. The number of aromatic nitrogens is 1. The number of nitrogens with two attached hydrogens (primary N) is 1. The number of aryl methyl sites for hydroxylation is 1. The molecule has 0 saturated carbocycles. The van der Waals surface area contributed by atoms with Crippen LogP contribution in [0.4, 0.5) is 8.78 Å². The molecule has 1 aromatic carbocycles. The van der Waals surface area contributed by atoms with Gasteiger partial charge in [0.15, 0.2) is 0 Å². The maximum Gasteiger partial charge on any atom is 0.140 e. The zero-order valence-electron chi connectivity index (χ0n) is 10.1. The van der Waals surface area contributed by atoms with Gasteiger partial charge in [-0.3, -0.25) is 5.41 Å². The molecule has 0 amide bonds. The number of rotatable bonds is 3. The van der Waals surface area contributed by atoms with E-state index in [2.05, 4.69) is 4.98 Å². The van der Waals surface area contributed by atoms with E-state index in [0.29, 0.717) is 10.6 Å². The molecule has 0 aliphatic heterocycles. The molecule has 0 radical (unpaired) electrons. The van der Waals surface area contributed by atoms with Crippen LogP contribution in [0.1, 0.15) is 11.1 Å². The number of hydrogen-bond acceptors (Lipinski definition) is 3. The van der Waals surface area contributed by atoms with Gasteiger partial charge in [-0.05, 0) is 30.7 Å². The van der Waals surface area contributed by atoms with Crippen LogP contribution in [0.15, 0.2) is 40.4 Å². The van der Waals surface area contributed by atoms with Crippen molar-refractivity contribution in [2.75, 3.05) is 0 Å². The highest BCUT2D eigenvalue weighted by Crippen LogP contribution is 2.31. The average Bonchev–Trinajstić information content (AvgIpc) is 2.32. The summed E-state index contributed by atoms with van der Waals surface area (Å²) in [6.07, 6.45) is 1.56. The number of nitrogen functional groups attached to an aromatic ring is 1. The van der Waals surface area contributed by atoms with E-state index in [0.717, 1.165) is 23.4 Å². The number of nitrogens with zero attached hydrogens (tertiary/aromatic N) is 1. The molecule has 0 aliphatic carbocycles. The second-order valence-electron chi connectivity index (χ2n) is 3.90. The Morgan fingerprint density at radius 1 is 1.32 bits per heavy atom. The highest BCUT2D eigenvalue weighted by molar-refractivity contribution is 7.99. The van der Waals surface area contributed by atoms with E-state index in [1.807, 2.05) is 0 Å². The molecule has 6 heteroatoms. The first-order chi connectivity index (χ1) is 8.99.